The number of rotatable bonds is 4. The number of hydrogen-bond donors (Lipinski definition) is 1. The smallest absolute Gasteiger partial charge is 0.335 e. The van der Waals surface area contributed by atoms with Gasteiger partial charge in [0.05, 0.1) is 17.8 Å². The van der Waals surface area contributed by atoms with Gasteiger partial charge in [-0.1, -0.05) is 12.1 Å². The number of carboxylic acids is 1. The SMILES string of the molecule is CC(=O)c1ccc2c(c1)N(Cc1cccc(C(=O)O)c1)C(=O)CO2. The van der Waals surface area contributed by atoms with E-state index in [1.54, 1.807) is 30.3 Å². The van der Waals surface area contributed by atoms with Crippen LogP contribution in [0, 0.1) is 0 Å². The average molecular weight is 325 g/mol. The molecule has 24 heavy (non-hydrogen) atoms. The lowest BCUT2D eigenvalue weighted by Gasteiger charge is -2.29. The van der Waals surface area contributed by atoms with Gasteiger partial charge in [0.25, 0.3) is 5.91 Å². The van der Waals surface area contributed by atoms with E-state index < -0.39 is 5.97 Å². The van der Waals surface area contributed by atoms with E-state index in [1.165, 1.54) is 24.0 Å². The molecule has 2 aromatic carbocycles. The van der Waals surface area contributed by atoms with Crippen LogP contribution in [0.1, 0.15) is 33.2 Å². The molecule has 0 atom stereocenters. The number of ketones is 1. The summed E-state index contributed by atoms with van der Waals surface area (Å²) < 4.78 is 5.40. The molecule has 6 nitrogen and oxygen atoms in total. The van der Waals surface area contributed by atoms with Crippen LogP contribution in [-0.4, -0.2) is 29.4 Å². The normalized spacial score (nSPS) is 13.2. The first-order valence-electron chi connectivity index (χ1n) is 7.36. The number of nitrogens with zero attached hydrogens (tertiary/aromatic N) is 1. The lowest BCUT2D eigenvalue weighted by atomic mass is 10.1. The number of ether oxygens (including phenoxy) is 1. The van der Waals surface area contributed by atoms with Gasteiger partial charge in [-0.25, -0.2) is 4.79 Å². The maximum absolute atomic E-state index is 12.3. The molecular weight excluding hydrogens is 310 g/mol. The summed E-state index contributed by atoms with van der Waals surface area (Å²) in [6, 6.07) is 11.4. The van der Waals surface area contributed by atoms with E-state index in [2.05, 4.69) is 0 Å². The molecule has 0 bridgehead atoms. The van der Waals surface area contributed by atoms with Gasteiger partial charge in [0.1, 0.15) is 5.75 Å². The van der Waals surface area contributed by atoms with E-state index in [4.69, 9.17) is 9.84 Å². The first kappa shape index (κ1) is 15.7. The summed E-state index contributed by atoms with van der Waals surface area (Å²) in [4.78, 5) is 36.4. The van der Waals surface area contributed by atoms with Crippen molar-refractivity contribution in [2.45, 2.75) is 13.5 Å². The van der Waals surface area contributed by atoms with Crippen molar-refractivity contribution < 1.29 is 24.2 Å². The van der Waals surface area contributed by atoms with Crippen LogP contribution < -0.4 is 9.64 Å². The molecule has 1 amide bonds. The first-order chi connectivity index (χ1) is 11.5. The van der Waals surface area contributed by atoms with Crippen molar-refractivity contribution in [3.8, 4) is 5.75 Å². The minimum absolute atomic E-state index is 0.0922. The van der Waals surface area contributed by atoms with Gasteiger partial charge in [-0.15, -0.1) is 0 Å². The third-order valence-electron chi connectivity index (χ3n) is 3.82. The predicted molar refractivity (Wildman–Crippen MR) is 86.5 cm³/mol. The molecule has 1 heterocycles. The van der Waals surface area contributed by atoms with Gasteiger partial charge in [-0.3, -0.25) is 9.59 Å². The summed E-state index contributed by atoms with van der Waals surface area (Å²) in [7, 11) is 0. The number of Topliss-reactive ketones (excluding diaryl/α,β-unsaturated/α-hetero) is 1. The number of carboxylic acid groups (broad SMARTS) is 1. The number of benzene rings is 2. The second-order valence-corrected chi connectivity index (χ2v) is 5.51. The molecule has 0 spiro atoms. The molecule has 0 saturated heterocycles. The number of fused-ring (bicyclic) bond motifs is 1. The topological polar surface area (TPSA) is 83.9 Å². The molecule has 1 aliphatic heterocycles. The maximum atomic E-state index is 12.3. The quantitative estimate of drug-likeness (QED) is 0.873. The molecule has 0 saturated carbocycles. The Labute approximate surface area is 138 Å². The fraction of sp³-hybridized carbons (Fsp3) is 0.167. The molecule has 6 heteroatoms. The second kappa shape index (κ2) is 6.16. The number of hydrogen-bond acceptors (Lipinski definition) is 4. The van der Waals surface area contributed by atoms with Gasteiger partial charge >= 0.3 is 5.97 Å². The fourth-order valence-electron chi connectivity index (χ4n) is 2.58. The molecule has 0 fully saturated rings. The van der Waals surface area contributed by atoms with Crippen LogP contribution in [0.4, 0.5) is 5.69 Å². The third kappa shape index (κ3) is 2.99. The monoisotopic (exact) mass is 325 g/mol. The van der Waals surface area contributed by atoms with Crippen LogP contribution in [0.15, 0.2) is 42.5 Å². The molecular formula is C18H15NO5. The number of carbonyl (C=O) groups excluding carboxylic acids is 2. The minimum Gasteiger partial charge on any atom is -0.482 e. The van der Waals surface area contributed by atoms with Crippen molar-refractivity contribution in [1.29, 1.82) is 0 Å². The first-order valence-corrected chi connectivity index (χ1v) is 7.36. The van der Waals surface area contributed by atoms with Crippen molar-refractivity contribution in [3.63, 3.8) is 0 Å². The highest BCUT2D eigenvalue weighted by atomic mass is 16.5. The van der Waals surface area contributed by atoms with Gasteiger partial charge in [-0.05, 0) is 42.8 Å². The summed E-state index contributed by atoms with van der Waals surface area (Å²) in [6.07, 6.45) is 0. The van der Waals surface area contributed by atoms with Crippen molar-refractivity contribution >= 4 is 23.3 Å². The number of carbonyl (C=O) groups is 3. The summed E-state index contributed by atoms with van der Waals surface area (Å²) in [6.45, 7) is 1.57. The van der Waals surface area contributed by atoms with E-state index in [-0.39, 0.29) is 30.4 Å². The molecule has 2 aromatic rings. The van der Waals surface area contributed by atoms with Crippen LogP contribution in [0.2, 0.25) is 0 Å². The highest BCUT2D eigenvalue weighted by molar-refractivity contribution is 6.01. The summed E-state index contributed by atoms with van der Waals surface area (Å²) in [5, 5.41) is 9.08. The van der Waals surface area contributed by atoms with Crippen LogP contribution in [0.5, 0.6) is 5.75 Å². The van der Waals surface area contributed by atoms with Gasteiger partial charge < -0.3 is 14.7 Å². The Morgan fingerprint density at radius 2 is 1.96 bits per heavy atom. The van der Waals surface area contributed by atoms with Crippen LogP contribution in [-0.2, 0) is 11.3 Å². The largest absolute Gasteiger partial charge is 0.482 e. The lowest BCUT2D eigenvalue weighted by molar-refractivity contribution is -0.121. The Balaban J connectivity index is 1.98. The second-order valence-electron chi connectivity index (χ2n) is 5.51. The van der Waals surface area contributed by atoms with E-state index in [9.17, 15) is 14.4 Å². The predicted octanol–water partition coefficient (Wildman–Crippen LogP) is 2.51. The van der Waals surface area contributed by atoms with Crippen LogP contribution in [0.3, 0.4) is 0 Å². The van der Waals surface area contributed by atoms with Gasteiger partial charge in [0, 0.05) is 5.56 Å². The van der Waals surface area contributed by atoms with Crippen molar-refractivity contribution in [3.05, 3.63) is 59.2 Å². The Hall–Kier alpha value is -3.15. The van der Waals surface area contributed by atoms with E-state index in [0.717, 1.165) is 0 Å². The maximum Gasteiger partial charge on any atom is 0.335 e. The summed E-state index contributed by atoms with van der Waals surface area (Å²) >= 11 is 0. The molecule has 0 radical (unpaired) electrons. The summed E-state index contributed by atoms with van der Waals surface area (Å²) in [5.41, 5.74) is 1.84. The molecule has 3 rings (SSSR count). The number of amides is 1. The Morgan fingerprint density at radius 1 is 1.17 bits per heavy atom. The highest BCUT2D eigenvalue weighted by Gasteiger charge is 2.26. The van der Waals surface area contributed by atoms with Crippen molar-refractivity contribution in [2.75, 3.05) is 11.5 Å². The van der Waals surface area contributed by atoms with Gasteiger partial charge in [0.15, 0.2) is 12.4 Å². The minimum atomic E-state index is -1.02. The van der Waals surface area contributed by atoms with Gasteiger partial charge in [0.2, 0.25) is 0 Å². The summed E-state index contributed by atoms with van der Waals surface area (Å²) in [5.74, 6) is -0.856. The van der Waals surface area contributed by atoms with E-state index in [1.807, 2.05) is 0 Å². The lowest BCUT2D eigenvalue weighted by Crippen LogP contribution is -2.38. The Morgan fingerprint density at radius 3 is 2.67 bits per heavy atom. The molecule has 1 aliphatic rings. The standard InChI is InChI=1S/C18H15NO5/c1-11(20)13-5-6-16-15(8-13)19(17(21)10-24-16)9-12-3-2-4-14(7-12)18(22)23/h2-8H,9-10H2,1H3,(H,22,23). The zero-order valence-corrected chi connectivity index (χ0v) is 13.0. The Kier molecular flexibility index (Phi) is 4.04. The van der Waals surface area contributed by atoms with Crippen molar-refractivity contribution in [2.24, 2.45) is 0 Å². The Bertz CT molecular complexity index is 843. The van der Waals surface area contributed by atoms with Crippen LogP contribution in [0.25, 0.3) is 0 Å². The van der Waals surface area contributed by atoms with Gasteiger partial charge in [-0.2, -0.15) is 0 Å². The van der Waals surface area contributed by atoms with Crippen molar-refractivity contribution in [1.82, 2.24) is 0 Å². The number of anilines is 1. The molecule has 1 N–H and O–H groups in total. The number of aromatic carboxylic acids is 1. The average Bonchev–Trinajstić information content (AvgIpc) is 2.57. The third-order valence-corrected chi connectivity index (χ3v) is 3.82. The molecule has 0 aliphatic carbocycles. The molecule has 122 valence electrons. The van der Waals surface area contributed by atoms with Crippen LogP contribution >= 0.6 is 0 Å². The molecule has 0 unspecified atom stereocenters. The zero-order valence-electron chi connectivity index (χ0n) is 13.0. The fourth-order valence-corrected chi connectivity index (χ4v) is 2.58. The molecule has 0 aromatic heterocycles. The van der Waals surface area contributed by atoms with E-state index in [0.29, 0.717) is 22.6 Å². The van der Waals surface area contributed by atoms with E-state index >= 15 is 0 Å². The highest BCUT2D eigenvalue weighted by Crippen LogP contribution is 2.34. The zero-order chi connectivity index (χ0) is 17.3.